The van der Waals surface area contributed by atoms with Gasteiger partial charge in [-0.15, -0.1) is 0 Å². The topological polar surface area (TPSA) is 13.0 Å². The summed E-state index contributed by atoms with van der Waals surface area (Å²) < 4.78 is 14.9. The number of benzene rings is 2. The Balaban J connectivity index is 1.37. The Labute approximate surface area is 187 Å². The summed E-state index contributed by atoms with van der Waals surface area (Å²) >= 11 is 0. The first-order valence-corrected chi connectivity index (χ1v) is 11.8. The largest absolute Gasteiger partial charge is 0.305 e. The van der Waals surface area contributed by atoms with Gasteiger partial charge in [-0.1, -0.05) is 36.4 Å². The predicted molar refractivity (Wildman–Crippen MR) is 127 cm³/mol. The molecule has 2 aliphatic rings. The normalized spacial score (nSPS) is 20.5. The highest BCUT2D eigenvalue weighted by Gasteiger charge is 2.15. The average Bonchev–Trinajstić information content (AvgIpc) is 3.10. The van der Waals surface area contributed by atoms with Crippen LogP contribution in [0.4, 0.5) is 4.39 Å². The van der Waals surface area contributed by atoms with Crippen molar-refractivity contribution in [3.8, 4) is 11.1 Å². The zero-order valence-corrected chi connectivity index (χ0v) is 19.2. The molecule has 2 aliphatic heterocycles. The maximum absolute atomic E-state index is 14.9. The van der Waals surface area contributed by atoms with Gasteiger partial charge in [0, 0.05) is 44.8 Å². The van der Waals surface area contributed by atoms with Crippen LogP contribution in [-0.2, 0) is 13.1 Å². The number of likely N-dealkylation sites (N-methyl/N-ethyl adjacent to an activating group) is 2. The van der Waals surface area contributed by atoms with Crippen molar-refractivity contribution in [2.75, 3.05) is 66.5 Å². The summed E-state index contributed by atoms with van der Waals surface area (Å²) in [5, 5.41) is 0. The summed E-state index contributed by atoms with van der Waals surface area (Å²) in [6.07, 6.45) is 2.38. The van der Waals surface area contributed by atoms with E-state index in [1.54, 1.807) is 6.07 Å². The quantitative estimate of drug-likeness (QED) is 0.724. The van der Waals surface area contributed by atoms with Gasteiger partial charge in [0.2, 0.25) is 0 Å². The minimum absolute atomic E-state index is 0.0899. The van der Waals surface area contributed by atoms with Gasteiger partial charge in [-0.05, 0) is 75.9 Å². The Kier molecular flexibility index (Phi) is 7.72. The van der Waals surface area contributed by atoms with E-state index in [-0.39, 0.29) is 5.82 Å². The minimum atomic E-state index is -0.0899. The first-order chi connectivity index (χ1) is 15.1. The number of hydrogen-bond donors (Lipinski definition) is 0. The van der Waals surface area contributed by atoms with E-state index < -0.39 is 0 Å². The van der Waals surface area contributed by atoms with Crippen molar-refractivity contribution in [3.63, 3.8) is 0 Å². The number of nitrogens with zero attached hydrogens (tertiary/aromatic N) is 4. The van der Waals surface area contributed by atoms with E-state index in [0.717, 1.165) is 75.5 Å². The van der Waals surface area contributed by atoms with E-state index in [2.05, 4.69) is 64.0 Å². The Hall–Kier alpha value is -1.79. The zero-order valence-electron chi connectivity index (χ0n) is 19.2. The average molecular weight is 425 g/mol. The third-order valence-corrected chi connectivity index (χ3v) is 6.76. The lowest BCUT2D eigenvalue weighted by molar-refractivity contribution is 0.266. The Morgan fingerprint density at radius 2 is 1.23 bits per heavy atom. The molecule has 0 spiro atoms. The molecule has 2 aromatic carbocycles. The lowest BCUT2D eigenvalue weighted by Gasteiger charge is -2.21. The SMILES string of the molecule is CN1CCCN(Cc2ccc(-c3ccc(CN4CCCN(C)CC4)c(F)c3)cc2)CC1. The lowest BCUT2D eigenvalue weighted by atomic mass is 10.0. The van der Waals surface area contributed by atoms with Gasteiger partial charge in [-0.3, -0.25) is 9.80 Å². The Morgan fingerprint density at radius 1 is 0.645 bits per heavy atom. The second-order valence-corrected chi connectivity index (χ2v) is 9.37. The summed E-state index contributed by atoms with van der Waals surface area (Å²) in [5.74, 6) is -0.0899. The molecule has 0 aliphatic carbocycles. The molecule has 0 amide bonds. The second kappa shape index (κ2) is 10.7. The molecule has 2 heterocycles. The van der Waals surface area contributed by atoms with Gasteiger partial charge in [0.25, 0.3) is 0 Å². The number of hydrogen-bond acceptors (Lipinski definition) is 4. The van der Waals surface area contributed by atoms with Crippen LogP contribution in [0.2, 0.25) is 0 Å². The van der Waals surface area contributed by atoms with Crippen LogP contribution in [0.15, 0.2) is 42.5 Å². The predicted octanol–water partition coefficient (Wildman–Crippen LogP) is 3.77. The van der Waals surface area contributed by atoms with Crippen molar-refractivity contribution in [2.45, 2.75) is 25.9 Å². The molecule has 0 N–H and O–H groups in total. The minimum Gasteiger partial charge on any atom is -0.305 e. The van der Waals surface area contributed by atoms with Gasteiger partial charge < -0.3 is 9.80 Å². The maximum atomic E-state index is 14.9. The fourth-order valence-electron chi connectivity index (χ4n) is 4.67. The summed E-state index contributed by atoms with van der Waals surface area (Å²) in [4.78, 5) is 9.67. The lowest BCUT2D eigenvalue weighted by Crippen LogP contribution is -2.28. The summed E-state index contributed by atoms with van der Waals surface area (Å²) in [5.41, 5.74) is 4.17. The molecule has 4 rings (SSSR count). The van der Waals surface area contributed by atoms with E-state index in [0.29, 0.717) is 6.54 Å². The van der Waals surface area contributed by atoms with Gasteiger partial charge in [0.05, 0.1) is 0 Å². The molecule has 5 heteroatoms. The molecule has 0 aromatic heterocycles. The molecule has 0 radical (unpaired) electrons. The van der Waals surface area contributed by atoms with Crippen molar-refractivity contribution in [3.05, 3.63) is 59.4 Å². The first kappa shape index (κ1) is 22.4. The Bertz CT molecular complexity index is 838. The van der Waals surface area contributed by atoms with Gasteiger partial charge in [-0.25, -0.2) is 4.39 Å². The van der Waals surface area contributed by atoms with Crippen molar-refractivity contribution in [1.29, 1.82) is 0 Å². The fraction of sp³-hybridized carbons (Fsp3) is 0.538. The third-order valence-electron chi connectivity index (χ3n) is 6.76. The smallest absolute Gasteiger partial charge is 0.128 e. The highest BCUT2D eigenvalue weighted by Crippen LogP contribution is 2.24. The van der Waals surface area contributed by atoms with Crippen LogP contribution in [0.3, 0.4) is 0 Å². The van der Waals surface area contributed by atoms with Crippen LogP contribution >= 0.6 is 0 Å². The molecular formula is C26H37FN4. The highest BCUT2D eigenvalue weighted by molar-refractivity contribution is 5.64. The van der Waals surface area contributed by atoms with Crippen molar-refractivity contribution >= 4 is 0 Å². The molecule has 2 fully saturated rings. The molecule has 0 atom stereocenters. The van der Waals surface area contributed by atoms with Crippen LogP contribution < -0.4 is 0 Å². The monoisotopic (exact) mass is 424 g/mol. The standard InChI is InChI=1S/C26H37FN4/c1-28-11-3-13-30(17-15-28)20-22-5-7-23(8-6-22)24-9-10-25(26(27)19-24)21-31-14-4-12-29(2)16-18-31/h5-10,19H,3-4,11-18,20-21H2,1-2H3. The molecule has 168 valence electrons. The van der Waals surface area contributed by atoms with E-state index in [1.807, 2.05) is 6.07 Å². The van der Waals surface area contributed by atoms with Crippen molar-refractivity contribution < 1.29 is 4.39 Å². The van der Waals surface area contributed by atoms with Crippen LogP contribution in [0.25, 0.3) is 11.1 Å². The maximum Gasteiger partial charge on any atom is 0.128 e. The number of halogens is 1. The molecule has 31 heavy (non-hydrogen) atoms. The van der Waals surface area contributed by atoms with Crippen molar-refractivity contribution in [1.82, 2.24) is 19.6 Å². The molecule has 2 saturated heterocycles. The van der Waals surface area contributed by atoms with Gasteiger partial charge in [-0.2, -0.15) is 0 Å². The van der Waals surface area contributed by atoms with Crippen LogP contribution in [0, 0.1) is 5.82 Å². The van der Waals surface area contributed by atoms with E-state index >= 15 is 0 Å². The second-order valence-electron chi connectivity index (χ2n) is 9.37. The van der Waals surface area contributed by atoms with Gasteiger partial charge >= 0.3 is 0 Å². The fourth-order valence-corrected chi connectivity index (χ4v) is 4.67. The van der Waals surface area contributed by atoms with Crippen molar-refractivity contribution in [2.24, 2.45) is 0 Å². The van der Waals surface area contributed by atoms with Crippen LogP contribution in [-0.4, -0.2) is 86.1 Å². The van der Waals surface area contributed by atoms with E-state index in [9.17, 15) is 4.39 Å². The van der Waals surface area contributed by atoms with E-state index in [1.165, 1.54) is 18.5 Å². The summed E-state index contributed by atoms with van der Waals surface area (Å²) in [7, 11) is 4.37. The summed E-state index contributed by atoms with van der Waals surface area (Å²) in [6.45, 7) is 10.5. The number of rotatable bonds is 5. The Morgan fingerprint density at radius 3 is 1.84 bits per heavy atom. The molecular weight excluding hydrogens is 387 g/mol. The van der Waals surface area contributed by atoms with Crippen LogP contribution in [0.5, 0.6) is 0 Å². The first-order valence-electron chi connectivity index (χ1n) is 11.8. The van der Waals surface area contributed by atoms with Gasteiger partial charge in [0.15, 0.2) is 0 Å². The summed E-state index contributed by atoms with van der Waals surface area (Å²) in [6, 6.07) is 14.4. The van der Waals surface area contributed by atoms with Gasteiger partial charge in [0.1, 0.15) is 5.82 Å². The zero-order chi connectivity index (χ0) is 21.6. The molecule has 0 bridgehead atoms. The molecule has 0 unspecified atom stereocenters. The molecule has 0 saturated carbocycles. The molecule has 2 aromatic rings. The highest BCUT2D eigenvalue weighted by atomic mass is 19.1. The van der Waals surface area contributed by atoms with E-state index in [4.69, 9.17) is 0 Å². The molecule has 4 nitrogen and oxygen atoms in total. The third kappa shape index (κ3) is 6.36. The van der Waals surface area contributed by atoms with Crippen LogP contribution in [0.1, 0.15) is 24.0 Å².